The van der Waals surface area contributed by atoms with Gasteiger partial charge in [-0.1, -0.05) is 12.1 Å². The fourth-order valence-electron chi connectivity index (χ4n) is 3.17. The van der Waals surface area contributed by atoms with Gasteiger partial charge in [-0.3, -0.25) is 14.9 Å². The molecule has 0 aromatic heterocycles. The first-order valence-electron chi connectivity index (χ1n) is 7.73. The average molecular weight is 328 g/mol. The predicted molar refractivity (Wildman–Crippen MR) is 87.4 cm³/mol. The molecule has 1 atom stereocenters. The average Bonchev–Trinajstić information content (AvgIpc) is 2.55. The van der Waals surface area contributed by atoms with Gasteiger partial charge in [0.2, 0.25) is 0 Å². The number of rotatable bonds is 2. The second-order valence-corrected chi connectivity index (χ2v) is 6.03. The minimum atomic E-state index is -0.490. The van der Waals surface area contributed by atoms with Crippen molar-refractivity contribution in [1.29, 1.82) is 0 Å². The van der Waals surface area contributed by atoms with Crippen LogP contribution in [0.1, 0.15) is 40.0 Å². The van der Waals surface area contributed by atoms with E-state index in [1.54, 1.807) is 30.0 Å². The van der Waals surface area contributed by atoms with E-state index in [9.17, 15) is 19.3 Å². The summed E-state index contributed by atoms with van der Waals surface area (Å²) < 4.78 is 13.5. The van der Waals surface area contributed by atoms with E-state index in [1.165, 1.54) is 18.2 Å². The third-order valence-electron chi connectivity index (χ3n) is 4.56. The molecule has 0 spiro atoms. The van der Waals surface area contributed by atoms with Gasteiger partial charge in [-0.05, 0) is 49.6 Å². The van der Waals surface area contributed by atoms with Crippen molar-refractivity contribution in [3.8, 4) is 0 Å². The normalized spacial score (nSPS) is 16.6. The van der Waals surface area contributed by atoms with Crippen LogP contribution < -0.4 is 0 Å². The van der Waals surface area contributed by atoms with Crippen molar-refractivity contribution in [3.05, 3.63) is 74.6 Å². The Labute approximate surface area is 138 Å². The Morgan fingerprint density at radius 2 is 2.04 bits per heavy atom. The Morgan fingerprint density at radius 3 is 2.75 bits per heavy atom. The Bertz CT molecular complexity index is 835. The highest BCUT2D eigenvalue weighted by molar-refractivity contribution is 5.95. The summed E-state index contributed by atoms with van der Waals surface area (Å²) in [6.07, 6.45) is 0.639. The lowest BCUT2D eigenvalue weighted by atomic mass is 9.92. The van der Waals surface area contributed by atoms with E-state index < -0.39 is 4.92 Å². The molecular weight excluding hydrogens is 311 g/mol. The molecule has 5 nitrogen and oxygen atoms in total. The van der Waals surface area contributed by atoms with Crippen molar-refractivity contribution in [2.45, 2.75) is 26.3 Å². The number of nitrogens with zero attached hydrogens (tertiary/aromatic N) is 2. The van der Waals surface area contributed by atoms with Crippen molar-refractivity contribution in [2.75, 3.05) is 6.54 Å². The standard InChI is InChI=1S/C18H17FN2O3/c1-11-3-4-14(9-17(11)21(23)24)18(22)20-8-7-13-5-6-15(19)10-16(13)12(20)2/h3-6,9-10,12H,7-8H2,1-2H3. The molecule has 1 heterocycles. The summed E-state index contributed by atoms with van der Waals surface area (Å²) in [7, 11) is 0. The molecule has 0 bridgehead atoms. The second kappa shape index (κ2) is 6.03. The number of hydrogen-bond acceptors (Lipinski definition) is 3. The molecule has 2 aromatic rings. The zero-order chi connectivity index (χ0) is 17.4. The lowest BCUT2D eigenvalue weighted by Crippen LogP contribution is -2.39. The molecule has 0 radical (unpaired) electrons. The maximum atomic E-state index is 13.5. The first kappa shape index (κ1) is 16.1. The third-order valence-corrected chi connectivity index (χ3v) is 4.56. The Morgan fingerprint density at radius 1 is 1.29 bits per heavy atom. The van der Waals surface area contributed by atoms with E-state index in [2.05, 4.69) is 0 Å². The number of nitro benzene ring substituents is 1. The summed E-state index contributed by atoms with van der Waals surface area (Å²) >= 11 is 0. The van der Waals surface area contributed by atoms with Crippen LogP contribution in [0.2, 0.25) is 0 Å². The predicted octanol–water partition coefficient (Wildman–Crippen LogP) is 3.80. The van der Waals surface area contributed by atoms with E-state index in [4.69, 9.17) is 0 Å². The monoisotopic (exact) mass is 328 g/mol. The molecule has 2 aromatic carbocycles. The first-order valence-corrected chi connectivity index (χ1v) is 7.73. The highest BCUT2D eigenvalue weighted by Crippen LogP contribution is 2.31. The summed E-state index contributed by atoms with van der Waals surface area (Å²) in [5.74, 6) is -0.610. The Kier molecular flexibility index (Phi) is 4.05. The molecule has 0 aliphatic carbocycles. The summed E-state index contributed by atoms with van der Waals surface area (Å²) in [6.45, 7) is 3.98. The van der Waals surface area contributed by atoms with Crippen LogP contribution in [0.4, 0.5) is 10.1 Å². The zero-order valence-electron chi connectivity index (χ0n) is 13.5. The molecular formula is C18H17FN2O3. The molecule has 0 fully saturated rings. The summed E-state index contributed by atoms with van der Waals surface area (Å²) in [5, 5.41) is 11.1. The molecule has 0 N–H and O–H groups in total. The van der Waals surface area contributed by atoms with Gasteiger partial charge in [-0.25, -0.2) is 4.39 Å². The van der Waals surface area contributed by atoms with Crippen LogP contribution in [0, 0.1) is 22.9 Å². The number of halogens is 1. The molecule has 1 aliphatic heterocycles. The van der Waals surface area contributed by atoms with E-state index in [-0.39, 0.29) is 29.0 Å². The molecule has 1 amide bonds. The van der Waals surface area contributed by atoms with Crippen LogP contribution >= 0.6 is 0 Å². The Balaban J connectivity index is 1.94. The van der Waals surface area contributed by atoms with Gasteiger partial charge in [0.25, 0.3) is 11.6 Å². The molecule has 1 aliphatic rings. The lowest BCUT2D eigenvalue weighted by molar-refractivity contribution is -0.385. The number of carbonyl (C=O) groups is 1. The summed E-state index contributed by atoms with van der Waals surface area (Å²) in [5.41, 5.74) is 2.53. The van der Waals surface area contributed by atoms with Gasteiger partial charge in [0.05, 0.1) is 11.0 Å². The van der Waals surface area contributed by atoms with Crippen LogP contribution in [0.15, 0.2) is 36.4 Å². The largest absolute Gasteiger partial charge is 0.332 e. The van der Waals surface area contributed by atoms with Gasteiger partial charge in [0.1, 0.15) is 5.82 Å². The van der Waals surface area contributed by atoms with Crippen molar-refractivity contribution < 1.29 is 14.1 Å². The van der Waals surface area contributed by atoms with E-state index in [0.29, 0.717) is 18.5 Å². The number of benzene rings is 2. The van der Waals surface area contributed by atoms with Gasteiger partial charge in [-0.15, -0.1) is 0 Å². The van der Waals surface area contributed by atoms with E-state index in [0.717, 1.165) is 11.1 Å². The minimum absolute atomic E-state index is 0.0723. The summed E-state index contributed by atoms with van der Waals surface area (Å²) in [6, 6.07) is 8.83. The van der Waals surface area contributed by atoms with Crippen LogP contribution in [-0.4, -0.2) is 22.3 Å². The zero-order valence-corrected chi connectivity index (χ0v) is 13.5. The van der Waals surface area contributed by atoms with E-state index >= 15 is 0 Å². The molecule has 0 saturated carbocycles. The molecule has 3 rings (SSSR count). The van der Waals surface area contributed by atoms with Gasteiger partial charge in [0, 0.05) is 23.7 Å². The number of fused-ring (bicyclic) bond motifs is 1. The van der Waals surface area contributed by atoms with Gasteiger partial charge in [-0.2, -0.15) is 0 Å². The SMILES string of the molecule is Cc1ccc(C(=O)N2CCc3ccc(F)cc3C2C)cc1[N+](=O)[O-]. The van der Waals surface area contributed by atoms with Gasteiger partial charge >= 0.3 is 0 Å². The van der Waals surface area contributed by atoms with Crippen LogP contribution in [0.5, 0.6) is 0 Å². The molecule has 6 heteroatoms. The highest BCUT2D eigenvalue weighted by Gasteiger charge is 2.29. The second-order valence-electron chi connectivity index (χ2n) is 6.03. The molecule has 124 valence electrons. The fraction of sp³-hybridized carbons (Fsp3) is 0.278. The smallest absolute Gasteiger partial charge is 0.273 e. The topological polar surface area (TPSA) is 63.5 Å². The Hall–Kier alpha value is -2.76. The molecule has 0 saturated heterocycles. The van der Waals surface area contributed by atoms with Crippen LogP contribution in [0.25, 0.3) is 0 Å². The van der Waals surface area contributed by atoms with Crippen LogP contribution in [-0.2, 0) is 6.42 Å². The van der Waals surface area contributed by atoms with Crippen LogP contribution in [0.3, 0.4) is 0 Å². The molecule has 24 heavy (non-hydrogen) atoms. The van der Waals surface area contributed by atoms with Gasteiger partial charge in [0.15, 0.2) is 0 Å². The maximum Gasteiger partial charge on any atom is 0.273 e. The highest BCUT2D eigenvalue weighted by atomic mass is 19.1. The molecule has 1 unspecified atom stereocenters. The lowest BCUT2D eigenvalue weighted by Gasteiger charge is -2.35. The number of hydrogen-bond donors (Lipinski definition) is 0. The van der Waals surface area contributed by atoms with Crippen molar-refractivity contribution in [1.82, 2.24) is 4.90 Å². The van der Waals surface area contributed by atoms with Crippen molar-refractivity contribution in [3.63, 3.8) is 0 Å². The van der Waals surface area contributed by atoms with Gasteiger partial charge < -0.3 is 4.90 Å². The summed E-state index contributed by atoms with van der Waals surface area (Å²) in [4.78, 5) is 25.0. The number of amides is 1. The minimum Gasteiger partial charge on any atom is -0.332 e. The quantitative estimate of drug-likeness (QED) is 0.622. The van der Waals surface area contributed by atoms with E-state index in [1.807, 2.05) is 6.92 Å². The first-order chi connectivity index (χ1) is 11.4. The fourth-order valence-corrected chi connectivity index (χ4v) is 3.17. The third kappa shape index (κ3) is 2.75. The maximum absolute atomic E-state index is 13.5. The number of carbonyl (C=O) groups excluding carboxylic acids is 1. The number of aryl methyl sites for hydroxylation is 1. The van der Waals surface area contributed by atoms with Crippen molar-refractivity contribution >= 4 is 11.6 Å². The van der Waals surface area contributed by atoms with Crippen molar-refractivity contribution in [2.24, 2.45) is 0 Å². The number of nitro groups is 1.